The molecule has 25 heavy (non-hydrogen) atoms. The molecule has 3 N–H and O–H groups in total. The number of carbonyl (C=O) groups is 1. The number of hydrogen-bond donors (Lipinski definition) is 2. The minimum atomic E-state index is 0.0229. The smallest absolute Gasteiger partial charge is 0.225 e. The van der Waals surface area contributed by atoms with E-state index in [0.29, 0.717) is 29.8 Å². The van der Waals surface area contributed by atoms with Gasteiger partial charge in [0.1, 0.15) is 0 Å². The Kier molecular flexibility index (Phi) is 6.08. The third kappa shape index (κ3) is 4.82. The zero-order chi connectivity index (χ0) is 17.6. The largest absolute Gasteiger partial charge is 0.330 e. The van der Waals surface area contributed by atoms with Crippen molar-refractivity contribution in [2.24, 2.45) is 11.7 Å². The van der Waals surface area contributed by atoms with E-state index in [2.05, 4.69) is 34.5 Å². The first kappa shape index (κ1) is 17.9. The predicted molar refractivity (Wildman–Crippen MR) is 103 cm³/mol. The highest BCUT2D eigenvalue weighted by Gasteiger charge is 2.32. The van der Waals surface area contributed by atoms with Crippen molar-refractivity contribution in [2.45, 2.75) is 12.3 Å². The number of likely N-dealkylation sites (tertiary alicyclic amines) is 1. The molecule has 1 heterocycles. The lowest BCUT2D eigenvalue weighted by molar-refractivity contribution is -0.116. The number of hydrogen-bond acceptors (Lipinski definition) is 3. The first-order valence-electron chi connectivity index (χ1n) is 8.68. The van der Waals surface area contributed by atoms with Crippen LogP contribution in [-0.2, 0) is 4.79 Å². The zero-order valence-corrected chi connectivity index (χ0v) is 15.0. The summed E-state index contributed by atoms with van der Waals surface area (Å²) >= 11 is 5.86. The molecule has 0 spiro atoms. The van der Waals surface area contributed by atoms with E-state index in [4.69, 9.17) is 17.3 Å². The number of carbonyl (C=O) groups excluding carboxylic acids is 1. The Bertz CT molecular complexity index is 690. The SMILES string of the molecule is NC[C@@H]1CN(CCC(=O)Nc2ccc(Cl)cc2)C[C@H]1c1ccccc1. The molecule has 4 nitrogen and oxygen atoms in total. The fraction of sp³-hybridized carbons (Fsp3) is 0.350. The molecule has 2 aromatic carbocycles. The van der Waals surface area contributed by atoms with Crippen LogP contribution in [0, 0.1) is 5.92 Å². The fourth-order valence-electron chi connectivity index (χ4n) is 3.48. The van der Waals surface area contributed by atoms with Gasteiger partial charge in [0.2, 0.25) is 5.91 Å². The summed E-state index contributed by atoms with van der Waals surface area (Å²) in [4.78, 5) is 14.5. The molecule has 0 radical (unpaired) electrons. The standard InChI is InChI=1S/C20H24ClN3O/c21-17-6-8-18(9-7-17)23-20(25)10-11-24-13-16(12-22)19(14-24)15-4-2-1-3-5-15/h1-9,16,19H,10-14,22H2,(H,23,25)/t16-,19+/m1/s1. The Hall–Kier alpha value is -1.88. The van der Waals surface area contributed by atoms with Crippen molar-refractivity contribution in [3.63, 3.8) is 0 Å². The number of halogens is 1. The van der Waals surface area contributed by atoms with E-state index in [-0.39, 0.29) is 5.91 Å². The van der Waals surface area contributed by atoms with Crippen molar-refractivity contribution in [2.75, 3.05) is 31.5 Å². The van der Waals surface area contributed by atoms with Crippen molar-refractivity contribution in [1.82, 2.24) is 4.90 Å². The van der Waals surface area contributed by atoms with Gasteiger partial charge < -0.3 is 16.0 Å². The molecule has 0 unspecified atom stereocenters. The molecule has 1 saturated heterocycles. The fourth-order valence-corrected chi connectivity index (χ4v) is 3.60. The summed E-state index contributed by atoms with van der Waals surface area (Å²) in [5, 5.41) is 3.57. The first-order valence-corrected chi connectivity index (χ1v) is 9.06. The van der Waals surface area contributed by atoms with E-state index in [1.807, 2.05) is 18.2 Å². The molecule has 1 amide bonds. The van der Waals surface area contributed by atoms with Crippen LogP contribution in [0.1, 0.15) is 17.9 Å². The molecule has 0 bridgehead atoms. The lowest BCUT2D eigenvalue weighted by atomic mass is 9.89. The summed E-state index contributed by atoms with van der Waals surface area (Å²) in [7, 11) is 0. The van der Waals surface area contributed by atoms with Gasteiger partial charge in [0.05, 0.1) is 0 Å². The van der Waals surface area contributed by atoms with Crippen LogP contribution in [0.3, 0.4) is 0 Å². The van der Waals surface area contributed by atoms with Gasteiger partial charge in [0.25, 0.3) is 0 Å². The van der Waals surface area contributed by atoms with E-state index in [1.54, 1.807) is 12.1 Å². The van der Waals surface area contributed by atoms with Gasteiger partial charge in [-0.15, -0.1) is 0 Å². The van der Waals surface area contributed by atoms with E-state index in [0.717, 1.165) is 25.3 Å². The summed E-state index contributed by atoms with van der Waals surface area (Å²) in [6, 6.07) is 17.7. The highest BCUT2D eigenvalue weighted by atomic mass is 35.5. The van der Waals surface area contributed by atoms with Crippen LogP contribution >= 0.6 is 11.6 Å². The minimum absolute atomic E-state index is 0.0229. The van der Waals surface area contributed by atoms with E-state index < -0.39 is 0 Å². The molecule has 0 saturated carbocycles. The number of nitrogens with two attached hydrogens (primary N) is 1. The van der Waals surface area contributed by atoms with Gasteiger partial charge >= 0.3 is 0 Å². The average Bonchev–Trinajstić information content (AvgIpc) is 3.06. The van der Waals surface area contributed by atoms with Crippen molar-refractivity contribution >= 4 is 23.2 Å². The van der Waals surface area contributed by atoms with E-state index in [1.165, 1.54) is 5.56 Å². The van der Waals surface area contributed by atoms with Crippen molar-refractivity contribution < 1.29 is 4.79 Å². The van der Waals surface area contributed by atoms with Crippen LogP contribution in [0.4, 0.5) is 5.69 Å². The number of nitrogens with one attached hydrogen (secondary N) is 1. The Labute approximate surface area is 154 Å². The molecule has 0 aromatic heterocycles. The Morgan fingerprint density at radius 1 is 1.12 bits per heavy atom. The minimum Gasteiger partial charge on any atom is -0.330 e. The molecule has 1 aliphatic rings. The number of amides is 1. The Balaban J connectivity index is 1.51. The zero-order valence-electron chi connectivity index (χ0n) is 14.2. The van der Waals surface area contributed by atoms with Crippen molar-refractivity contribution in [3.8, 4) is 0 Å². The van der Waals surface area contributed by atoms with Crippen molar-refractivity contribution in [1.29, 1.82) is 0 Å². The molecule has 3 rings (SSSR count). The molecule has 2 aromatic rings. The third-order valence-corrected chi connectivity index (χ3v) is 5.08. The van der Waals surface area contributed by atoms with Gasteiger partial charge in [-0.25, -0.2) is 0 Å². The maximum absolute atomic E-state index is 12.2. The van der Waals surface area contributed by atoms with Crippen LogP contribution in [0.5, 0.6) is 0 Å². The molecule has 1 fully saturated rings. The molecule has 1 aliphatic heterocycles. The molecule has 132 valence electrons. The van der Waals surface area contributed by atoms with Crippen LogP contribution in [0.25, 0.3) is 0 Å². The van der Waals surface area contributed by atoms with Gasteiger partial charge in [0, 0.05) is 42.7 Å². The lowest BCUT2D eigenvalue weighted by Crippen LogP contribution is -2.27. The second-order valence-corrected chi connectivity index (χ2v) is 7.01. The van der Waals surface area contributed by atoms with Gasteiger partial charge in [-0.3, -0.25) is 4.79 Å². The van der Waals surface area contributed by atoms with E-state index >= 15 is 0 Å². The molecule has 0 aliphatic carbocycles. The number of nitrogens with zero attached hydrogens (tertiary/aromatic N) is 1. The van der Waals surface area contributed by atoms with Crippen LogP contribution in [0.15, 0.2) is 54.6 Å². The maximum atomic E-state index is 12.2. The number of benzene rings is 2. The normalized spacial score (nSPS) is 20.6. The van der Waals surface area contributed by atoms with Crippen LogP contribution < -0.4 is 11.1 Å². The second kappa shape index (κ2) is 8.48. The molecular formula is C20H24ClN3O. The van der Waals surface area contributed by atoms with E-state index in [9.17, 15) is 4.79 Å². The summed E-state index contributed by atoms with van der Waals surface area (Å²) in [5.41, 5.74) is 8.09. The summed E-state index contributed by atoms with van der Waals surface area (Å²) in [6.45, 7) is 3.33. The Morgan fingerprint density at radius 3 is 2.52 bits per heavy atom. The van der Waals surface area contributed by atoms with Crippen molar-refractivity contribution in [3.05, 3.63) is 65.2 Å². The Morgan fingerprint density at radius 2 is 1.84 bits per heavy atom. The van der Waals surface area contributed by atoms with Crippen LogP contribution in [0.2, 0.25) is 5.02 Å². The lowest BCUT2D eigenvalue weighted by Gasteiger charge is -2.16. The van der Waals surface area contributed by atoms with Gasteiger partial charge in [-0.2, -0.15) is 0 Å². The molecule has 2 atom stereocenters. The maximum Gasteiger partial charge on any atom is 0.225 e. The second-order valence-electron chi connectivity index (χ2n) is 6.58. The summed E-state index contributed by atoms with van der Waals surface area (Å²) in [5.74, 6) is 0.919. The van der Waals surface area contributed by atoms with Gasteiger partial charge in [-0.05, 0) is 42.3 Å². The average molecular weight is 358 g/mol. The number of rotatable bonds is 6. The summed E-state index contributed by atoms with van der Waals surface area (Å²) in [6.07, 6.45) is 0.474. The van der Waals surface area contributed by atoms with Crippen LogP contribution in [-0.4, -0.2) is 37.0 Å². The number of anilines is 1. The highest BCUT2D eigenvalue weighted by Crippen LogP contribution is 2.31. The van der Waals surface area contributed by atoms with Gasteiger partial charge in [-0.1, -0.05) is 41.9 Å². The molecular weight excluding hydrogens is 334 g/mol. The summed E-state index contributed by atoms with van der Waals surface area (Å²) < 4.78 is 0. The topological polar surface area (TPSA) is 58.4 Å². The third-order valence-electron chi connectivity index (χ3n) is 4.83. The molecule has 5 heteroatoms. The van der Waals surface area contributed by atoms with Gasteiger partial charge in [0.15, 0.2) is 0 Å². The highest BCUT2D eigenvalue weighted by molar-refractivity contribution is 6.30. The predicted octanol–water partition coefficient (Wildman–Crippen LogP) is 3.34. The first-order chi connectivity index (χ1) is 12.2. The quantitative estimate of drug-likeness (QED) is 0.833. The monoisotopic (exact) mass is 357 g/mol.